The second-order valence-corrected chi connectivity index (χ2v) is 6.60. The van der Waals surface area contributed by atoms with Crippen LogP contribution in [0.3, 0.4) is 0 Å². The van der Waals surface area contributed by atoms with E-state index in [1.54, 1.807) is 6.20 Å². The number of urea groups is 1. The normalized spacial score (nSPS) is 14.0. The molecule has 3 heterocycles. The smallest absolute Gasteiger partial charge is 0.319 e. The molecule has 0 saturated carbocycles. The Balaban J connectivity index is 1.45. The molecule has 1 aliphatic heterocycles. The van der Waals surface area contributed by atoms with Gasteiger partial charge >= 0.3 is 6.03 Å². The second-order valence-electron chi connectivity index (χ2n) is 6.60. The summed E-state index contributed by atoms with van der Waals surface area (Å²) in [5, 5.41) is 7.48. The van der Waals surface area contributed by atoms with E-state index in [1.165, 1.54) is 0 Å². The first-order valence-electron chi connectivity index (χ1n) is 8.80. The fourth-order valence-corrected chi connectivity index (χ4v) is 3.34. The third kappa shape index (κ3) is 3.20. The lowest BCUT2D eigenvalue weighted by molar-refractivity contribution is 0.210. The minimum atomic E-state index is -0.0798. The van der Waals surface area contributed by atoms with Gasteiger partial charge < -0.3 is 14.8 Å². The van der Waals surface area contributed by atoms with Crippen molar-refractivity contribution in [2.24, 2.45) is 0 Å². The van der Waals surface area contributed by atoms with Crippen molar-refractivity contribution in [3.63, 3.8) is 0 Å². The topological polar surface area (TPSA) is 68.0 Å². The molecular formula is C19H22N6O. The molecule has 0 radical (unpaired) electrons. The fraction of sp³-hybridized carbons (Fsp3) is 0.316. The number of hydrogen-bond donors (Lipinski definition) is 1. The van der Waals surface area contributed by atoms with Gasteiger partial charge in [0.1, 0.15) is 5.82 Å². The lowest BCUT2D eigenvalue weighted by atomic mass is 10.2. The number of aryl methyl sites for hydroxylation is 3. The Morgan fingerprint density at radius 2 is 1.96 bits per heavy atom. The first-order chi connectivity index (χ1) is 12.6. The number of carbonyl (C=O) groups excluding carboxylic acids is 1. The Morgan fingerprint density at radius 1 is 1.15 bits per heavy atom. The van der Waals surface area contributed by atoms with Crippen LogP contribution in [-0.4, -0.2) is 36.8 Å². The molecule has 26 heavy (non-hydrogen) atoms. The molecule has 2 aromatic heterocycles. The summed E-state index contributed by atoms with van der Waals surface area (Å²) in [7, 11) is 0. The maximum absolute atomic E-state index is 12.7. The van der Waals surface area contributed by atoms with E-state index in [9.17, 15) is 4.79 Å². The Bertz CT molecular complexity index is 924. The lowest BCUT2D eigenvalue weighted by Gasteiger charge is -2.20. The highest BCUT2D eigenvalue weighted by Gasteiger charge is 2.20. The molecule has 0 unspecified atom stereocenters. The van der Waals surface area contributed by atoms with Crippen LogP contribution in [0.5, 0.6) is 0 Å². The van der Waals surface area contributed by atoms with Crippen molar-refractivity contribution in [3.8, 4) is 5.69 Å². The number of rotatable bonds is 2. The molecule has 0 aliphatic carbocycles. The van der Waals surface area contributed by atoms with Gasteiger partial charge in [-0.15, -0.1) is 0 Å². The van der Waals surface area contributed by atoms with Gasteiger partial charge in [0.15, 0.2) is 0 Å². The molecule has 7 nitrogen and oxygen atoms in total. The van der Waals surface area contributed by atoms with Gasteiger partial charge in [0, 0.05) is 36.9 Å². The van der Waals surface area contributed by atoms with Crippen LogP contribution in [0.1, 0.15) is 23.6 Å². The van der Waals surface area contributed by atoms with Crippen molar-refractivity contribution < 1.29 is 4.79 Å². The standard InChI is InChI=1S/C19H22N6O/c1-14-12-18-13-23(9-3-10-25(18)22-14)19(26)21-16-4-6-17(7-5-16)24-11-8-20-15(24)2/h4-8,11-12H,3,9-10,13H2,1-2H3,(H,21,26). The second kappa shape index (κ2) is 6.67. The Labute approximate surface area is 152 Å². The molecule has 2 amide bonds. The van der Waals surface area contributed by atoms with Crippen LogP contribution in [0, 0.1) is 13.8 Å². The Morgan fingerprint density at radius 3 is 2.69 bits per heavy atom. The third-order valence-corrected chi connectivity index (χ3v) is 4.65. The molecule has 4 rings (SSSR count). The average molecular weight is 350 g/mol. The van der Waals surface area contributed by atoms with Crippen molar-refractivity contribution in [1.29, 1.82) is 0 Å². The van der Waals surface area contributed by atoms with Crippen LogP contribution in [-0.2, 0) is 13.1 Å². The molecule has 134 valence electrons. The summed E-state index contributed by atoms with van der Waals surface area (Å²) in [6.07, 6.45) is 4.60. The van der Waals surface area contributed by atoms with Crippen LogP contribution in [0.25, 0.3) is 5.69 Å². The number of aromatic nitrogens is 4. The molecule has 1 N–H and O–H groups in total. The summed E-state index contributed by atoms with van der Waals surface area (Å²) in [6, 6.07) is 9.76. The largest absolute Gasteiger partial charge is 0.322 e. The Kier molecular flexibility index (Phi) is 4.20. The first kappa shape index (κ1) is 16.4. The minimum absolute atomic E-state index is 0.0798. The fourth-order valence-electron chi connectivity index (χ4n) is 3.34. The molecule has 0 saturated heterocycles. The van der Waals surface area contributed by atoms with Gasteiger partial charge in [0.05, 0.1) is 17.9 Å². The van der Waals surface area contributed by atoms with Gasteiger partial charge in [0.2, 0.25) is 0 Å². The van der Waals surface area contributed by atoms with Crippen LogP contribution in [0.4, 0.5) is 10.5 Å². The van der Waals surface area contributed by atoms with Crippen LogP contribution >= 0.6 is 0 Å². The lowest BCUT2D eigenvalue weighted by Crippen LogP contribution is -2.34. The van der Waals surface area contributed by atoms with Crippen molar-refractivity contribution in [3.05, 3.63) is 59.9 Å². The average Bonchev–Trinajstić information content (AvgIpc) is 3.14. The van der Waals surface area contributed by atoms with E-state index in [1.807, 2.05) is 64.5 Å². The molecule has 0 spiro atoms. The summed E-state index contributed by atoms with van der Waals surface area (Å²) in [6.45, 7) is 6.10. The van der Waals surface area contributed by atoms with E-state index in [4.69, 9.17) is 0 Å². The monoisotopic (exact) mass is 350 g/mol. The zero-order valence-electron chi connectivity index (χ0n) is 15.0. The number of imidazole rings is 1. The number of carbonyl (C=O) groups is 1. The van der Waals surface area contributed by atoms with Crippen molar-refractivity contribution in [2.45, 2.75) is 33.4 Å². The first-order valence-corrected chi connectivity index (χ1v) is 8.80. The van der Waals surface area contributed by atoms with E-state index in [0.29, 0.717) is 6.54 Å². The molecule has 7 heteroatoms. The highest BCUT2D eigenvalue weighted by molar-refractivity contribution is 5.89. The van der Waals surface area contributed by atoms with Gasteiger partial charge in [-0.1, -0.05) is 0 Å². The van der Waals surface area contributed by atoms with E-state index in [2.05, 4.69) is 15.4 Å². The van der Waals surface area contributed by atoms with E-state index < -0.39 is 0 Å². The van der Waals surface area contributed by atoms with Crippen LogP contribution in [0.2, 0.25) is 0 Å². The molecule has 0 fully saturated rings. The van der Waals surface area contributed by atoms with E-state index >= 15 is 0 Å². The summed E-state index contributed by atoms with van der Waals surface area (Å²) < 4.78 is 4.01. The van der Waals surface area contributed by atoms with Crippen LogP contribution in [0.15, 0.2) is 42.7 Å². The quantitative estimate of drug-likeness (QED) is 0.772. The van der Waals surface area contributed by atoms with Gasteiger partial charge in [-0.3, -0.25) is 4.68 Å². The number of nitrogens with one attached hydrogen (secondary N) is 1. The van der Waals surface area contributed by atoms with Gasteiger partial charge in [-0.25, -0.2) is 9.78 Å². The molecular weight excluding hydrogens is 328 g/mol. The molecule has 0 bridgehead atoms. The van der Waals surface area contributed by atoms with Crippen molar-refractivity contribution >= 4 is 11.7 Å². The van der Waals surface area contributed by atoms with Crippen molar-refractivity contribution in [2.75, 3.05) is 11.9 Å². The predicted molar refractivity (Wildman–Crippen MR) is 99.3 cm³/mol. The number of nitrogens with zero attached hydrogens (tertiary/aromatic N) is 5. The number of anilines is 1. The molecule has 1 aliphatic rings. The zero-order valence-corrected chi connectivity index (χ0v) is 15.0. The van der Waals surface area contributed by atoms with E-state index in [-0.39, 0.29) is 6.03 Å². The minimum Gasteiger partial charge on any atom is -0.319 e. The predicted octanol–water partition coefficient (Wildman–Crippen LogP) is 3.12. The summed E-state index contributed by atoms with van der Waals surface area (Å²) in [4.78, 5) is 18.7. The summed E-state index contributed by atoms with van der Waals surface area (Å²) in [5.74, 6) is 0.929. The molecule has 0 atom stereocenters. The van der Waals surface area contributed by atoms with Gasteiger partial charge in [-0.05, 0) is 50.6 Å². The third-order valence-electron chi connectivity index (χ3n) is 4.65. The van der Waals surface area contributed by atoms with Crippen molar-refractivity contribution in [1.82, 2.24) is 24.2 Å². The number of amides is 2. The van der Waals surface area contributed by atoms with Gasteiger partial charge in [-0.2, -0.15) is 5.10 Å². The van der Waals surface area contributed by atoms with Crippen LogP contribution < -0.4 is 5.32 Å². The molecule has 1 aromatic carbocycles. The maximum Gasteiger partial charge on any atom is 0.322 e. The zero-order chi connectivity index (χ0) is 18.1. The number of benzene rings is 1. The summed E-state index contributed by atoms with van der Waals surface area (Å²) >= 11 is 0. The maximum atomic E-state index is 12.7. The number of fused-ring (bicyclic) bond motifs is 1. The number of hydrogen-bond acceptors (Lipinski definition) is 3. The summed E-state index contributed by atoms with van der Waals surface area (Å²) in [5.41, 5.74) is 3.88. The SMILES string of the molecule is Cc1cc2n(n1)CCCN(C(=O)Nc1ccc(-n3ccnc3C)cc1)C2. The molecule has 3 aromatic rings. The highest BCUT2D eigenvalue weighted by atomic mass is 16.2. The van der Waals surface area contributed by atoms with Gasteiger partial charge in [0.25, 0.3) is 0 Å². The highest BCUT2D eigenvalue weighted by Crippen LogP contribution is 2.17. The Hall–Kier alpha value is -3.09. The van der Waals surface area contributed by atoms with E-state index in [0.717, 1.165) is 48.1 Å².